The van der Waals surface area contributed by atoms with Crippen molar-refractivity contribution in [3.05, 3.63) is 71.3 Å². The van der Waals surface area contributed by atoms with E-state index in [4.69, 9.17) is 9.72 Å². The van der Waals surface area contributed by atoms with Gasteiger partial charge < -0.3 is 4.74 Å². The molecule has 0 N–H and O–H groups in total. The van der Waals surface area contributed by atoms with Gasteiger partial charge in [0.1, 0.15) is 0 Å². The van der Waals surface area contributed by atoms with Crippen LogP contribution in [0.5, 0.6) is 0 Å². The van der Waals surface area contributed by atoms with Crippen LogP contribution in [-0.4, -0.2) is 55.2 Å². The molecule has 1 aromatic heterocycles. The van der Waals surface area contributed by atoms with Gasteiger partial charge in [0.05, 0.1) is 29.9 Å². The van der Waals surface area contributed by atoms with E-state index >= 15 is 0 Å². The Morgan fingerprint density at radius 1 is 1.06 bits per heavy atom. The number of nitrogens with zero attached hydrogens (tertiary/aromatic N) is 3. The highest BCUT2D eigenvalue weighted by molar-refractivity contribution is 7.22. The molecule has 0 spiro atoms. The number of benzene rings is 3. The zero-order valence-electron chi connectivity index (χ0n) is 19.9. The summed E-state index contributed by atoms with van der Waals surface area (Å²) in [6.07, 6.45) is 1.28. The summed E-state index contributed by atoms with van der Waals surface area (Å²) in [5.74, 6) is 0.103. The number of amides is 1. The summed E-state index contributed by atoms with van der Waals surface area (Å²) in [6, 6.07) is 18.7. The summed E-state index contributed by atoms with van der Waals surface area (Å²) in [5, 5.41) is 3.11. The molecule has 1 aliphatic heterocycles. The van der Waals surface area contributed by atoms with E-state index in [1.54, 1.807) is 11.3 Å². The number of aromatic nitrogens is 1. The fraction of sp³-hybridized carbons (Fsp3) is 0.357. The molecule has 176 valence electrons. The highest BCUT2D eigenvalue weighted by Crippen LogP contribution is 2.32. The molecule has 6 heteroatoms. The van der Waals surface area contributed by atoms with Crippen LogP contribution in [0.15, 0.2) is 54.6 Å². The molecule has 0 saturated carbocycles. The predicted molar refractivity (Wildman–Crippen MR) is 141 cm³/mol. The Hall–Kier alpha value is -2.80. The van der Waals surface area contributed by atoms with Crippen molar-refractivity contribution in [2.24, 2.45) is 0 Å². The number of morpholine rings is 1. The average Bonchev–Trinajstić information content (AvgIpc) is 3.30. The molecule has 1 saturated heterocycles. The number of rotatable bonds is 7. The van der Waals surface area contributed by atoms with Gasteiger partial charge in [-0.25, -0.2) is 4.98 Å². The van der Waals surface area contributed by atoms with Crippen molar-refractivity contribution in [2.75, 3.05) is 44.3 Å². The van der Waals surface area contributed by atoms with Crippen molar-refractivity contribution in [3.63, 3.8) is 0 Å². The van der Waals surface area contributed by atoms with Gasteiger partial charge in [0.2, 0.25) is 5.91 Å². The first-order chi connectivity index (χ1) is 16.6. The fourth-order valence-corrected chi connectivity index (χ4v) is 5.71. The van der Waals surface area contributed by atoms with E-state index in [9.17, 15) is 4.79 Å². The summed E-state index contributed by atoms with van der Waals surface area (Å²) in [7, 11) is 0. The Balaban J connectivity index is 1.42. The number of carbonyl (C=O) groups is 1. The van der Waals surface area contributed by atoms with E-state index in [1.165, 1.54) is 11.1 Å². The van der Waals surface area contributed by atoms with Gasteiger partial charge in [0.15, 0.2) is 5.13 Å². The number of carbonyl (C=O) groups excluding carboxylic acids is 1. The van der Waals surface area contributed by atoms with E-state index in [0.717, 1.165) is 71.0 Å². The van der Waals surface area contributed by atoms with Crippen molar-refractivity contribution in [1.82, 2.24) is 9.88 Å². The normalized spacial score (nSPS) is 14.6. The molecule has 0 radical (unpaired) electrons. The number of ether oxygens (including phenoxy) is 1. The molecule has 2 heterocycles. The lowest BCUT2D eigenvalue weighted by Crippen LogP contribution is -2.39. The molecule has 0 bridgehead atoms. The molecule has 0 aliphatic carbocycles. The molecule has 1 aliphatic rings. The van der Waals surface area contributed by atoms with Crippen LogP contribution in [0.3, 0.4) is 0 Å². The highest BCUT2D eigenvalue weighted by atomic mass is 32.1. The van der Waals surface area contributed by atoms with E-state index in [-0.39, 0.29) is 5.91 Å². The summed E-state index contributed by atoms with van der Waals surface area (Å²) in [4.78, 5) is 23.0. The predicted octanol–water partition coefficient (Wildman–Crippen LogP) is 5.36. The third kappa shape index (κ3) is 4.85. The molecular weight excluding hydrogens is 442 g/mol. The van der Waals surface area contributed by atoms with Gasteiger partial charge >= 0.3 is 0 Å². The van der Waals surface area contributed by atoms with E-state index in [2.05, 4.69) is 55.1 Å². The monoisotopic (exact) mass is 473 g/mol. The van der Waals surface area contributed by atoms with Crippen molar-refractivity contribution in [3.8, 4) is 0 Å². The topological polar surface area (TPSA) is 45.7 Å². The summed E-state index contributed by atoms with van der Waals surface area (Å²) in [5.41, 5.74) is 4.49. The number of fused-ring (bicyclic) bond motifs is 2. The lowest BCUT2D eigenvalue weighted by atomic mass is 10.0. The Kier molecular flexibility index (Phi) is 6.90. The SMILES string of the molecule is Cc1ccc2sc(N(CCCN3CCOCC3)C(=O)Cc3cccc4ccccc34)nc2c1C. The minimum atomic E-state index is 0.103. The summed E-state index contributed by atoms with van der Waals surface area (Å²) in [6.45, 7) is 9.36. The maximum Gasteiger partial charge on any atom is 0.233 e. The minimum Gasteiger partial charge on any atom is -0.379 e. The van der Waals surface area contributed by atoms with Gasteiger partial charge in [-0.2, -0.15) is 0 Å². The number of thiazole rings is 1. The standard InChI is InChI=1S/C28H31N3O2S/c1-20-11-12-25-27(21(20)2)29-28(34-25)31(14-6-13-30-15-17-33-18-16-30)26(32)19-23-9-5-8-22-7-3-4-10-24(22)23/h3-5,7-12H,6,13-19H2,1-2H3. The molecule has 5 nitrogen and oxygen atoms in total. The second-order valence-electron chi connectivity index (χ2n) is 9.02. The number of aryl methyl sites for hydroxylation is 2. The smallest absolute Gasteiger partial charge is 0.233 e. The zero-order valence-corrected chi connectivity index (χ0v) is 20.7. The van der Waals surface area contributed by atoms with E-state index in [0.29, 0.717) is 13.0 Å². The molecule has 34 heavy (non-hydrogen) atoms. The van der Waals surface area contributed by atoms with Gasteiger partial charge in [-0.3, -0.25) is 14.6 Å². The van der Waals surface area contributed by atoms with Crippen LogP contribution in [0.2, 0.25) is 0 Å². The molecule has 1 fully saturated rings. The molecule has 0 atom stereocenters. The van der Waals surface area contributed by atoms with E-state index in [1.807, 2.05) is 23.1 Å². The lowest BCUT2D eigenvalue weighted by molar-refractivity contribution is -0.118. The van der Waals surface area contributed by atoms with E-state index < -0.39 is 0 Å². The lowest BCUT2D eigenvalue weighted by Gasteiger charge is -2.27. The molecular formula is C28H31N3O2S. The van der Waals surface area contributed by atoms with Crippen LogP contribution in [0.4, 0.5) is 5.13 Å². The number of anilines is 1. The van der Waals surface area contributed by atoms with Crippen molar-refractivity contribution < 1.29 is 9.53 Å². The molecule has 0 unspecified atom stereocenters. The highest BCUT2D eigenvalue weighted by Gasteiger charge is 2.22. The summed E-state index contributed by atoms with van der Waals surface area (Å²) < 4.78 is 6.61. The van der Waals surface area contributed by atoms with Crippen LogP contribution in [0.1, 0.15) is 23.1 Å². The molecule has 1 amide bonds. The van der Waals surface area contributed by atoms with Crippen LogP contribution in [-0.2, 0) is 16.0 Å². The second kappa shape index (κ2) is 10.2. The van der Waals surface area contributed by atoms with Crippen molar-refractivity contribution >= 4 is 43.4 Å². The first-order valence-corrected chi connectivity index (χ1v) is 12.9. The maximum atomic E-state index is 13.7. The van der Waals surface area contributed by atoms with Gasteiger partial charge in [0.25, 0.3) is 0 Å². The number of hydrogen-bond acceptors (Lipinski definition) is 5. The molecule has 4 aromatic rings. The first-order valence-electron chi connectivity index (χ1n) is 12.0. The number of hydrogen-bond donors (Lipinski definition) is 0. The summed E-state index contributed by atoms with van der Waals surface area (Å²) >= 11 is 1.62. The zero-order chi connectivity index (χ0) is 23.5. The molecule has 3 aromatic carbocycles. The van der Waals surface area contributed by atoms with Gasteiger partial charge in [-0.05, 0) is 53.8 Å². The third-order valence-corrected chi connectivity index (χ3v) is 7.83. The fourth-order valence-electron chi connectivity index (χ4n) is 4.64. The minimum absolute atomic E-state index is 0.103. The largest absolute Gasteiger partial charge is 0.379 e. The quantitative estimate of drug-likeness (QED) is 0.362. The van der Waals surface area contributed by atoms with Crippen LogP contribution < -0.4 is 4.90 Å². The van der Waals surface area contributed by atoms with Crippen molar-refractivity contribution in [2.45, 2.75) is 26.7 Å². The Morgan fingerprint density at radius 3 is 2.71 bits per heavy atom. The van der Waals surface area contributed by atoms with Crippen molar-refractivity contribution in [1.29, 1.82) is 0 Å². The molecule has 5 rings (SSSR count). The first kappa shape index (κ1) is 23.0. The average molecular weight is 474 g/mol. The van der Waals surface area contributed by atoms with Crippen LogP contribution in [0, 0.1) is 13.8 Å². The van der Waals surface area contributed by atoms with Crippen LogP contribution >= 0.6 is 11.3 Å². The third-order valence-electron chi connectivity index (χ3n) is 6.79. The van der Waals surface area contributed by atoms with Gasteiger partial charge in [-0.1, -0.05) is 59.9 Å². The van der Waals surface area contributed by atoms with Crippen LogP contribution in [0.25, 0.3) is 21.0 Å². The maximum absolute atomic E-state index is 13.7. The van der Waals surface area contributed by atoms with Gasteiger partial charge in [-0.15, -0.1) is 0 Å². The Labute approximate surface area is 205 Å². The second-order valence-corrected chi connectivity index (χ2v) is 10.0. The Bertz CT molecular complexity index is 1300. The Morgan fingerprint density at radius 2 is 1.85 bits per heavy atom. The van der Waals surface area contributed by atoms with Gasteiger partial charge in [0, 0.05) is 26.2 Å².